The first-order valence-corrected chi connectivity index (χ1v) is 14.1. The number of hydrogen-bond donors (Lipinski definition) is 4. The molecule has 1 aromatic carbocycles. The number of carbonyl (C=O) groups excluding carboxylic acids is 5. The lowest BCUT2D eigenvalue weighted by molar-refractivity contribution is -0.134. The van der Waals surface area contributed by atoms with E-state index in [1.807, 2.05) is 36.1 Å². The molecule has 2 heterocycles. The van der Waals surface area contributed by atoms with Gasteiger partial charge in [-0.25, -0.2) is 0 Å². The van der Waals surface area contributed by atoms with Crippen LogP contribution in [-0.2, 0) is 39.9 Å². The van der Waals surface area contributed by atoms with Gasteiger partial charge in [-0.15, -0.1) is 0 Å². The molecule has 4 atom stereocenters. The number of nitrogens with zero attached hydrogens (tertiary/aromatic N) is 1. The molecule has 3 rings (SSSR count). The Morgan fingerprint density at radius 3 is 2.15 bits per heavy atom. The minimum Gasteiger partial charge on any atom is -0.379 e. The lowest BCUT2D eigenvalue weighted by Gasteiger charge is -2.28. The summed E-state index contributed by atoms with van der Waals surface area (Å²) in [5.74, 6) is -2.44. The molecule has 226 valence electrons. The van der Waals surface area contributed by atoms with Gasteiger partial charge in [-0.2, -0.15) is 0 Å². The molecule has 2 aliphatic rings. The van der Waals surface area contributed by atoms with Gasteiger partial charge in [0, 0.05) is 19.5 Å². The first kappa shape index (κ1) is 32.2. The minimum absolute atomic E-state index is 0.151. The molecule has 0 bridgehead atoms. The average molecular weight is 574 g/mol. The Hall–Kier alpha value is -3.35. The maximum atomic E-state index is 13.4. The van der Waals surface area contributed by atoms with E-state index < -0.39 is 41.4 Å². The van der Waals surface area contributed by atoms with Crippen LogP contribution in [0.1, 0.15) is 38.8 Å². The zero-order valence-corrected chi connectivity index (χ0v) is 24.6. The summed E-state index contributed by atoms with van der Waals surface area (Å²) in [6, 6.07) is 4.73. The van der Waals surface area contributed by atoms with Crippen molar-refractivity contribution >= 4 is 29.4 Å². The van der Waals surface area contributed by atoms with E-state index in [0.29, 0.717) is 32.9 Å². The van der Waals surface area contributed by atoms with Crippen molar-refractivity contribution in [1.82, 2.24) is 26.2 Å². The quantitative estimate of drug-likeness (QED) is 0.216. The zero-order valence-electron chi connectivity index (χ0n) is 24.6. The first-order valence-electron chi connectivity index (χ1n) is 14.1. The molecule has 2 saturated heterocycles. The molecule has 0 saturated carbocycles. The van der Waals surface area contributed by atoms with Gasteiger partial charge in [0.05, 0.1) is 32.9 Å². The van der Waals surface area contributed by atoms with Crippen LogP contribution in [0.2, 0.25) is 0 Å². The summed E-state index contributed by atoms with van der Waals surface area (Å²) in [7, 11) is 0. The molecule has 1 unspecified atom stereocenters. The zero-order chi connectivity index (χ0) is 30.2. The number of epoxide rings is 1. The van der Waals surface area contributed by atoms with E-state index in [1.165, 1.54) is 0 Å². The minimum atomic E-state index is -0.991. The number of hydrogen-bond acceptors (Lipinski definition) is 8. The third kappa shape index (κ3) is 9.91. The van der Waals surface area contributed by atoms with Gasteiger partial charge < -0.3 is 30.7 Å². The Bertz CT molecular complexity index is 1100. The maximum absolute atomic E-state index is 13.4. The summed E-state index contributed by atoms with van der Waals surface area (Å²) in [4.78, 5) is 66.2. The SMILES string of the molecule is Cc1ccc(C[C@H](NC(=O)C(NC(=O)[C@H](C)NC(=O)CN2CCOCC2)C(C)C)C(=O)NCC(=O)[C@@]2(C)CO2)cc1. The van der Waals surface area contributed by atoms with Crippen LogP contribution >= 0.6 is 0 Å². The first-order chi connectivity index (χ1) is 19.4. The van der Waals surface area contributed by atoms with Crippen molar-refractivity contribution in [3.05, 3.63) is 35.4 Å². The standard InChI is InChI=1S/C29H43N5O7/c1-18(2)25(33-26(37)20(4)31-24(36)16-34-10-12-40-13-11-34)28(39)32-22(14-21-8-6-19(3)7-9-21)27(38)30-15-23(35)29(5)17-41-29/h6-9,18,20,22,25H,10-17H2,1-5H3,(H,30,38)(H,31,36)(H,32,39)(H,33,37)/t20-,22-,25?,29+/m0/s1. The van der Waals surface area contributed by atoms with E-state index in [1.54, 1.807) is 27.7 Å². The van der Waals surface area contributed by atoms with Gasteiger partial charge in [0.1, 0.15) is 23.7 Å². The fraction of sp³-hybridized carbons (Fsp3) is 0.621. The van der Waals surface area contributed by atoms with Crippen LogP contribution in [0.5, 0.6) is 0 Å². The lowest BCUT2D eigenvalue weighted by atomic mass is 10.00. The molecular weight excluding hydrogens is 530 g/mol. The summed E-state index contributed by atoms with van der Waals surface area (Å²) in [6.45, 7) is 11.3. The number of aryl methyl sites for hydroxylation is 1. The second kappa shape index (κ2) is 14.5. The Kier molecular flexibility index (Phi) is 11.4. The molecule has 12 heteroatoms. The normalized spacial score (nSPS) is 20.8. The van der Waals surface area contributed by atoms with Crippen LogP contribution in [0.3, 0.4) is 0 Å². The van der Waals surface area contributed by atoms with Crippen LogP contribution in [0, 0.1) is 12.8 Å². The topological polar surface area (TPSA) is 158 Å². The van der Waals surface area contributed by atoms with E-state index in [-0.39, 0.29) is 37.1 Å². The molecule has 12 nitrogen and oxygen atoms in total. The van der Waals surface area contributed by atoms with Gasteiger partial charge >= 0.3 is 0 Å². The highest BCUT2D eigenvalue weighted by Gasteiger charge is 2.46. The number of ketones is 1. The van der Waals surface area contributed by atoms with E-state index >= 15 is 0 Å². The Labute approximate surface area is 241 Å². The maximum Gasteiger partial charge on any atom is 0.243 e. The van der Waals surface area contributed by atoms with Gasteiger partial charge in [0.25, 0.3) is 0 Å². The van der Waals surface area contributed by atoms with Crippen LogP contribution in [0.4, 0.5) is 0 Å². The van der Waals surface area contributed by atoms with E-state index in [9.17, 15) is 24.0 Å². The molecule has 2 aliphatic heterocycles. The Morgan fingerprint density at radius 1 is 0.927 bits per heavy atom. The summed E-state index contributed by atoms with van der Waals surface area (Å²) < 4.78 is 10.4. The molecular formula is C29H43N5O7. The third-order valence-electron chi connectivity index (χ3n) is 7.27. The van der Waals surface area contributed by atoms with Crippen molar-refractivity contribution < 1.29 is 33.4 Å². The lowest BCUT2D eigenvalue weighted by Crippen LogP contribution is -2.58. The highest BCUT2D eigenvalue weighted by atomic mass is 16.6. The molecule has 41 heavy (non-hydrogen) atoms. The van der Waals surface area contributed by atoms with Gasteiger partial charge in [-0.3, -0.25) is 28.9 Å². The fourth-order valence-corrected chi connectivity index (χ4v) is 4.31. The van der Waals surface area contributed by atoms with Crippen molar-refractivity contribution in [2.45, 2.75) is 64.8 Å². The summed E-state index contributed by atoms with van der Waals surface area (Å²) in [5, 5.41) is 10.8. The predicted octanol–water partition coefficient (Wildman–Crippen LogP) is -0.526. The summed E-state index contributed by atoms with van der Waals surface area (Å²) >= 11 is 0. The average Bonchev–Trinajstić information content (AvgIpc) is 3.69. The number of benzene rings is 1. The number of carbonyl (C=O) groups is 5. The smallest absolute Gasteiger partial charge is 0.243 e. The Morgan fingerprint density at radius 2 is 1.56 bits per heavy atom. The van der Waals surface area contributed by atoms with Gasteiger partial charge in [0.15, 0.2) is 5.78 Å². The van der Waals surface area contributed by atoms with Crippen molar-refractivity contribution in [3.8, 4) is 0 Å². The molecule has 2 fully saturated rings. The van der Waals surface area contributed by atoms with Gasteiger partial charge in [-0.1, -0.05) is 43.7 Å². The summed E-state index contributed by atoms with van der Waals surface area (Å²) in [5.41, 5.74) is 1.00. The number of ether oxygens (including phenoxy) is 2. The highest BCUT2D eigenvalue weighted by molar-refractivity contribution is 5.97. The van der Waals surface area contributed by atoms with Crippen LogP contribution in [0.15, 0.2) is 24.3 Å². The van der Waals surface area contributed by atoms with Crippen molar-refractivity contribution in [2.75, 3.05) is 46.0 Å². The molecule has 4 N–H and O–H groups in total. The van der Waals surface area contributed by atoms with Crippen LogP contribution in [-0.4, -0.2) is 104 Å². The Balaban J connectivity index is 1.62. The fourth-order valence-electron chi connectivity index (χ4n) is 4.31. The number of rotatable bonds is 14. The summed E-state index contributed by atoms with van der Waals surface area (Å²) in [6.07, 6.45) is 0.187. The van der Waals surface area contributed by atoms with Gasteiger partial charge in [-0.05, 0) is 32.3 Å². The monoisotopic (exact) mass is 573 g/mol. The second-order valence-electron chi connectivity index (χ2n) is 11.3. The molecule has 4 amide bonds. The predicted molar refractivity (Wildman–Crippen MR) is 151 cm³/mol. The van der Waals surface area contributed by atoms with E-state index in [0.717, 1.165) is 11.1 Å². The van der Waals surface area contributed by atoms with E-state index in [4.69, 9.17) is 9.47 Å². The number of Topliss-reactive ketones (excluding diaryl/α,β-unsaturated/α-hetero) is 1. The van der Waals surface area contributed by atoms with Crippen molar-refractivity contribution in [3.63, 3.8) is 0 Å². The molecule has 0 aromatic heterocycles. The van der Waals surface area contributed by atoms with Crippen LogP contribution in [0.25, 0.3) is 0 Å². The van der Waals surface area contributed by atoms with Crippen molar-refractivity contribution in [2.24, 2.45) is 5.92 Å². The molecule has 1 aromatic rings. The second-order valence-corrected chi connectivity index (χ2v) is 11.3. The molecule has 0 spiro atoms. The van der Waals surface area contributed by atoms with E-state index in [2.05, 4.69) is 21.3 Å². The van der Waals surface area contributed by atoms with Crippen molar-refractivity contribution in [1.29, 1.82) is 0 Å². The number of morpholine rings is 1. The highest BCUT2D eigenvalue weighted by Crippen LogP contribution is 2.26. The number of nitrogens with one attached hydrogen (secondary N) is 4. The molecule has 0 radical (unpaired) electrons. The van der Waals surface area contributed by atoms with Gasteiger partial charge in [0.2, 0.25) is 23.6 Å². The van der Waals surface area contributed by atoms with Crippen LogP contribution < -0.4 is 21.3 Å². The third-order valence-corrected chi connectivity index (χ3v) is 7.27. The largest absolute Gasteiger partial charge is 0.379 e. The number of amides is 4. The molecule has 0 aliphatic carbocycles.